The van der Waals surface area contributed by atoms with Crippen molar-refractivity contribution in [3.63, 3.8) is 0 Å². The molecule has 2 aromatic rings. The molecule has 1 unspecified atom stereocenters. The van der Waals surface area contributed by atoms with E-state index in [4.69, 9.17) is 0 Å². The molecule has 0 radical (unpaired) electrons. The van der Waals surface area contributed by atoms with Crippen molar-refractivity contribution in [3.05, 3.63) is 52.0 Å². The number of nitrogens with zero attached hydrogens (tertiary/aromatic N) is 2. The SMILES string of the molecule is CCCNC(Cc1nccn1C)c1cccc(Br)c1C. The molecule has 4 heteroatoms. The molecule has 108 valence electrons. The van der Waals surface area contributed by atoms with E-state index in [9.17, 15) is 0 Å². The van der Waals surface area contributed by atoms with Crippen molar-refractivity contribution in [2.24, 2.45) is 7.05 Å². The molecule has 0 fully saturated rings. The molecule has 1 N–H and O–H groups in total. The van der Waals surface area contributed by atoms with Gasteiger partial charge in [0, 0.05) is 36.4 Å². The number of aryl methyl sites for hydroxylation is 1. The van der Waals surface area contributed by atoms with E-state index in [1.807, 2.05) is 19.4 Å². The first kappa shape index (κ1) is 15.3. The summed E-state index contributed by atoms with van der Waals surface area (Å²) in [7, 11) is 2.05. The fraction of sp³-hybridized carbons (Fsp3) is 0.438. The van der Waals surface area contributed by atoms with Gasteiger partial charge in [-0.2, -0.15) is 0 Å². The van der Waals surface area contributed by atoms with E-state index in [1.165, 1.54) is 11.1 Å². The van der Waals surface area contributed by atoms with Crippen LogP contribution in [0.3, 0.4) is 0 Å². The third-order valence-corrected chi connectivity index (χ3v) is 4.49. The van der Waals surface area contributed by atoms with E-state index >= 15 is 0 Å². The first-order valence-electron chi connectivity index (χ1n) is 7.08. The van der Waals surface area contributed by atoms with Crippen LogP contribution in [-0.4, -0.2) is 16.1 Å². The zero-order valence-corrected chi connectivity index (χ0v) is 13.9. The molecule has 0 aliphatic heterocycles. The molecule has 0 saturated heterocycles. The second-order valence-electron chi connectivity index (χ2n) is 5.12. The van der Waals surface area contributed by atoms with Gasteiger partial charge in [0.2, 0.25) is 0 Å². The van der Waals surface area contributed by atoms with Crippen molar-refractivity contribution in [3.8, 4) is 0 Å². The smallest absolute Gasteiger partial charge is 0.110 e. The highest BCUT2D eigenvalue weighted by atomic mass is 79.9. The Bertz CT molecular complexity index is 563. The van der Waals surface area contributed by atoms with Crippen LogP contribution in [0.4, 0.5) is 0 Å². The number of rotatable bonds is 6. The lowest BCUT2D eigenvalue weighted by atomic mass is 9.98. The Morgan fingerprint density at radius 2 is 2.20 bits per heavy atom. The molecular formula is C16H22BrN3. The predicted molar refractivity (Wildman–Crippen MR) is 86.8 cm³/mol. The zero-order valence-electron chi connectivity index (χ0n) is 12.4. The van der Waals surface area contributed by atoms with Gasteiger partial charge in [0.25, 0.3) is 0 Å². The van der Waals surface area contributed by atoms with Gasteiger partial charge in [-0.15, -0.1) is 0 Å². The molecule has 0 aliphatic carbocycles. The molecule has 1 aromatic heterocycles. The van der Waals surface area contributed by atoms with Gasteiger partial charge < -0.3 is 9.88 Å². The number of hydrogen-bond acceptors (Lipinski definition) is 2. The number of benzene rings is 1. The van der Waals surface area contributed by atoms with Crippen molar-refractivity contribution < 1.29 is 0 Å². The minimum Gasteiger partial charge on any atom is -0.338 e. The van der Waals surface area contributed by atoms with Crippen LogP contribution in [-0.2, 0) is 13.5 Å². The summed E-state index contributed by atoms with van der Waals surface area (Å²) in [5, 5.41) is 3.65. The normalized spacial score (nSPS) is 12.6. The first-order valence-corrected chi connectivity index (χ1v) is 7.87. The molecule has 1 aromatic carbocycles. The van der Waals surface area contributed by atoms with Crippen LogP contribution in [0, 0.1) is 6.92 Å². The number of aromatic nitrogens is 2. The van der Waals surface area contributed by atoms with Crippen molar-refractivity contribution >= 4 is 15.9 Å². The third kappa shape index (κ3) is 3.49. The van der Waals surface area contributed by atoms with Crippen molar-refractivity contribution in [1.82, 2.24) is 14.9 Å². The summed E-state index contributed by atoms with van der Waals surface area (Å²) < 4.78 is 3.26. The summed E-state index contributed by atoms with van der Waals surface area (Å²) in [6, 6.07) is 6.70. The molecule has 1 atom stereocenters. The maximum Gasteiger partial charge on any atom is 0.110 e. The molecule has 20 heavy (non-hydrogen) atoms. The van der Waals surface area contributed by atoms with Crippen LogP contribution in [0.15, 0.2) is 35.1 Å². The van der Waals surface area contributed by atoms with E-state index < -0.39 is 0 Å². The molecule has 1 heterocycles. The van der Waals surface area contributed by atoms with Crippen LogP contribution in [0.25, 0.3) is 0 Å². The first-order chi connectivity index (χ1) is 9.63. The predicted octanol–water partition coefficient (Wildman–Crippen LogP) is 3.77. The Balaban J connectivity index is 2.27. The van der Waals surface area contributed by atoms with Crippen LogP contribution >= 0.6 is 15.9 Å². The molecule has 0 amide bonds. The second kappa shape index (κ2) is 7.04. The molecular weight excluding hydrogens is 314 g/mol. The minimum absolute atomic E-state index is 0.300. The molecule has 3 nitrogen and oxygen atoms in total. The highest BCUT2D eigenvalue weighted by Gasteiger charge is 2.16. The van der Waals surface area contributed by atoms with Gasteiger partial charge in [0.15, 0.2) is 0 Å². The van der Waals surface area contributed by atoms with Crippen molar-refractivity contribution in [2.45, 2.75) is 32.7 Å². The van der Waals surface area contributed by atoms with Gasteiger partial charge in [0.05, 0.1) is 0 Å². The summed E-state index contributed by atoms with van der Waals surface area (Å²) in [5.74, 6) is 1.11. The number of halogens is 1. The third-order valence-electron chi connectivity index (χ3n) is 3.63. The van der Waals surface area contributed by atoms with Crippen LogP contribution in [0.2, 0.25) is 0 Å². The topological polar surface area (TPSA) is 29.9 Å². The average molecular weight is 336 g/mol. The van der Waals surface area contributed by atoms with Gasteiger partial charge in [-0.05, 0) is 37.1 Å². The van der Waals surface area contributed by atoms with Crippen LogP contribution in [0.5, 0.6) is 0 Å². The lowest BCUT2D eigenvalue weighted by Gasteiger charge is -2.21. The molecule has 0 spiro atoms. The average Bonchev–Trinajstić information content (AvgIpc) is 2.83. The number of imidazole rings is 1. The molecule has 0 bridgehead atoms. The van der Waals surface area contributed by atoms with Crippen LogP contribution < -0.4 is 5.32 Å². The van der Waals surface area contributed by atoms with Gasteiger partial charge in [-0.3, -0.25) is 0 Å². The lowest BCUT2D eigenvalue weighted by Crippen LogP contribution is -2.26. The van der Waals surface area contributed by atoms with E-state index in [0.717, 1.165) is 29.7 Å². The summed E-state index contributed by atoms with van der Waals surface area (Å²) in [4.78, 5) is 4.45. The highest BCUT2D eigenvalue weighted by molar-refractivity contribution is 9.10. The Kier molecular flexibility index (Phi) is 5.38. The monoisotopic (exact) mass is 335 g/mol. The Hall–Kier alpha value is -1.13. The van der Waals surface area contributed by atoms with Crippen LogP contribution in [0.1, 0.15) is 36.3 Å². The zero-order chi connectivity index (χ0) is 14.5. The summed E-state index contributed by atoms with van der Waals surface area (Å²) in [6.07, 6.45) is 5.89. The Labute approximate surface area is 129 Å². The summed E-state index contributed by atoms with van der Waals surface area (Å²) in [5.41, 5.74) is 2.64. The van der Waals surface area contributed by atoms with Crippen molar-refractivity contribution in [1.29, 1.82) is 0 Å². The second-order valence-corrected chi connectivity index (χ2v) is 5.97. The fourth-order valence-electron chi connectivity index (χ4n) is 2.39. The van der Waals surface area contributed by atoms with Gasteiger partial charge in [-0.1, -0.05) is 35.0 Å². The molecule has 0 aliphatic rings. The number of hydrogen-bond donors (Lipinski definition) is 1. The summed E-state index contributed by atoms with van der Waals surface area (Å²) in [6.45, 7) is 5.37. The van der Waals surface area contributed by atoms with E-state index in [2.05, 4.69) is 62.8 Å². The van der Waals surface area contributed by atoms with E-state index in [-0.39, 0.29) is 0 Å². The van der Waals surface area contributed by atoms with Gasteiger partial charge in [0.1, 0.15) is 5.82 Å². The van der Waals surface area contributed by atoms with E-state index in [1.54, 1.807) is 0 Å². The lowest BCUT2D eigenvalue weighted by molar-refractivity contribution is 0.510. The minimum atomic E-state index is 0.300. The standard InChI is InChI=1S/C16H22BrN3/c1-4-8-18-15(11-16-19-9-10-20(16)3)13-6-5-7-14(17)12(13)2/h5-7,9-10,15,18H,4,8,11H2,1-3H3. The highest BCUT2D eigenvalue weighted by Crippen LogP contribution is 2.26. The molecule has 2 rings (SSSR count). The fourth-order valence-corrected chi connectivity index (χ4v) is 2.77. The van der Waals surface area contributed by atoms with Crippen molar-refractivity contribution in [2.75, 3.05) is 6.54 Å². The number of nitrogens with one attached hydrogen (secondary N) is 1. The molecule has 0 saturated carbocycles. The van der Waals surface area contributed by atoms with Gasteiger partial charge >= 0.3 is 0 Å². The van der Waals surface area contributed by atoms with E-state index in [0.29, 0.717) is 6.04 Å². The maximum absolute atomic E-state index is 4.45. The maximum atomic E-state index is 4.45. The van der Waals surface area contributed by atoms with Gasteiger partial charge in [-0.25, -0.2) is 4.98 Å². The summed E-state index contributed by atoms with van der Waals surface area (Å²) >= 11 is 3.63. The Morgan fingerprint density at radius 1 is 1.40 bits per heavy atom. The largest absolute Gasteiger partial charge is 0.338 e. The quantitative estimate of drug-likeness (QED) is 0.870. The Morgan fingerprint density at radius 3 is 2.85 bits per heavy atom.